The highest BCUT2D eigenvalue weighted by Gasteiger charge is 2.25. The lowest BCUT2D eigenvalue weighted by atomic mass is 9.87. The van der Waals surface area contributed by atoms with Crippen LogP contribution in [-0.4, -0.2) is 39.5 Å². The fourth-order valence-electron chi connectivity index (χ4n) is 4.47. The van der Waals surface area contributed by atoms with Crippen LogP contribution in [0.15, 0.2) is 35.4 Å². The minimum atomic E-state index is -0.0708. The lowest BCUT2D eigenvalue weighted by molar-refractivity contribution is 0.163. The van der Waals surface area contributed by atoms with Crippen molar-refractivity contribution in [2.24, 2.45) is 5.92 Å². The molecular weight excluding hydrogens is 324 g/mol. The average Bonchev–Trinajstić information content (AvgIpc) is 2.70. The van der Waals surface area contributed by atoms with Gasteiger partial charge in [0.1, 0.15) is 5.82 Å². The molecule has 5 nitrogen and oxygen atoms in total. The Hall–Kier alpha value is -2.01. The zero-order chi connectivity index (χ0) is 17.8. The van der Waals surface area contributed by atoms with E-state index < -0.39 is 0 Å². The summed E-state index contributed by atoms with van der Waals surface area (Å²) in [5, 5.41) is 0. The van der Waals surface area contributed by atoms with Gasteiger partial charge in [0.05, 0.1) is 5.69 Å². The predicted octanol–water partition coefficient (Wildman–Crippen LogP) is 3.59. The van der Waals surface area contributed by atoms with Crippen molar-refractivity contribution in [3.8, 4) is 11.4 Å². The van der Waals surface area contributed by atoms with Gasteiger partial charge in [0.25, 0.3) is 5.56 Å². The van der Waals surface area contributed by atoms with Crippen LogP contribution >= 0.6 is 0 Å². The van der Waals surface area contributed by atoms with Gasteiger partial charge in [-0.3, -0.25) is 9.78 Å². The second kappa shape index (κ2) is 8.12. The van der Waals surface area contributed by atoms with E-state index in [-0.39, 0.29) is 5.56 Å². The van der Waals surface area contributed by atoms with Gasteiger partial charge in [-0.15, -0.1) is 0 Å². The summed E-state index contributed by atoms with van der Waals surface area (Å²) < 4.78 is 0. The molecule has 0 radical (unpaired) electrons. The highest BCUT2D eigenvalue weighted by molar-refractivity contribution is 5.52. The quantitative estimate of drug-likeness (QED) is 0.913. The van der Waals surface area contributed by atoms with Crippen molar-refractivity contribution in [1.29, 1.82) is 0 Å². The normalized spacial score (nSPS) is 20.3. The first-order chi connectivity index (χ1) is 12.8. The van der Waals surface area contributed by atoms with E-state index in [1.807, 2.05) is 12.1 Å². The molecule has 2 aromatic rings. The van der Waals surface area contributed by atoms with Crippen molar-refractivity contribution >= 4 is 0 Å². The number of piperidine rings is 1. The Labute approximate surface area is 154 Å². The summed E-state index contributed by atoms with van der Waals surface area (Å²) in [6.45, 7) is 3.51. The molecule has 2 aliphatic rings. The number of hydrogen-bond acceptors (Lipinski definition) is 4. The maximum Gasteiger partial charge on any atom is 0.251 e. The topological polar surface area (TPSA) is 61.9 Å². The highest BCUT2D eigenvalue weighted by Crippen LogP contribution is 2.30. The summed E-state index contributed by atoms with van der Waals surface area (Å²) in [7, 11) is 0. The Bertz CT molecular complexity index is 759. The molecule has 138 valence electrons. The maximum atomic E-state index is 12.1. The minimum Gasteiger partial charge on any atom is -0.306 e. The molecule has 0 spiro atoms. The molecule has 0 amide bonds. The van der Waals surface area contributed by atoms with Gasteiger partial charge in [-0.05, 0) is 56.8 Å². The third-order valence-corrected chi connectivity index (χ3v) is 5.94. The summed E-state index contributed by atoms with van der Waals surface area (Å²) in [4.78, 5) is 26.5. The second-order valence-electron chi connectivity index (χ2n) is 7.84. The molecule has 0 unspecified atom stereocenters. The SMILES string of the molecule is O=c1cc(C2CCN(CC3CCCCC3)CC2)nc(-c2cccnc2)[nH]1. The smallest absolute Gasteiger partial charge is 0.251 e. The van der Waals surface area contributed by atoms with Crippen molar-refractivity contribution in [3.05, 3.63) is 46.6 Å². The average molecular weight is 352 g/mol. The highest BCUT2D eigenvalue weighted by atomic mass is 16.1. The minimum absolute atomic E-state index is 0.0708. The van der Waals surface area contributed by atoms with Crippen molar-refractivity contribution in [2.45, 2.75) is 50.9 Å². The lowest BCUT2D eigenvalue weighted by Crippen LogP contribution is -2.37. The summed E-state index contributed by atoms with van der Waals surface area (Å²) in [6, 6.07) is 5.48. The van der Waals surface area contributed by atoms with Crippen LogP contribution in [0.25, 0.3) is 11.4 Å². The molecule has 0 bridgehead atoms. The van der Waals surface area contributed by atoms with Crippen molar-refractivity contribution in [3.63, 3.8) is 0 Å². The lowest BCUT2D eigenvalue weighted by Gasteiger charge is -2.35. The molecular formula is C21H28N4O. The van der Waals surface area contributed by atoms with E-state index in [1.54, 1.807) is 18.5 Å². The van der Waals surface area contributed by atoms with Crippen LogP contribution in [0.1, 0.15) is 56.6 Å². The van der Waals surface area contributed by atoms with E-state index in [0.717, 1.165) is 43.1 Å². The molecule has 1 saturated heterocycles. The van der Waals surface area contributed by atoms with Crippen LogP contribution in [0.3, 0.4) is 0 Å². The van der Waals surface area contributed by atoms with Crippen LogP contribution in [0.4, 0.5) is 0 Å². The Morgan fingerprint density at radius 1 is 1.12 bits per heavy atom. The first-order valence-corrected chi connectivity index (χ1v) is 10.0. The molecule has 0 aromatic carbocycles. The largest absolute Gasteiger partial charge is 0.306 e. The van der Waals surface area contributed by atoms with Crippen LogP contribution in [0.5, 0.6) is 0 Å². The van der Waals surface area contributed by atoms with Gasteiger partial charge in [0.2, 0.25) is 0 Å². The molecule has 5 heteroatoms. The number of aromatic nitrogens is 3. The van der Waals surface area contributed by atoms with Gasteiger partial charge in [-0.2, -0.15) is 0 Å². The van der Waals surface area contributed by atoms with Gasteiger partial charge in [0.15, 0.2) is 0 Å². The van der Waals surface area contributed by atoms with E-state index in [9.17, 15) is 4.79 Å². The summed E-state index contributed by atoms with van der Waals surface area (Å²) in [5.74, 6) is 1.91. The van der Waals surface area contributed by atoms with Gasteiger partial charge >= 0.3 is 0 Å². The van der Waals surface area contributed by atoms with Crippen molar-refractivity contribution in [1.82, 2.24) is 19.9 Å². The molecule has 1 saturated carbocycles. The molecule has 2 fully saturated rings. The van der Waals surface area contributed by atoms with Crippen LogP contribution in [-0.2, 0) is 0 Å². The molecule has 26 heavy (non-hydrogen) atoms. The van der Waals surface area contributed by atoms with Crippen molar-refractivity contribution in [2.75, 3.05) is 19.6 Å². The van der Waals surface area contributed by atoms with Gasteiger partial charge < -0.3 is 9.88 Å². The summed E-state index contributed by atoms with van der Waals surface area (Å²) >= 11 is 0. The molecule has 1 aliphatic heterocycles. The monoisotopic (exact) mass is 352 g/mol. The number of H-pyrrole nitrogens is 1. The predicted molar refractivity (Wildman–Crippen MR) is 103 cm³/mol. The second-order valence-corrected chi connectivity index (χ2v) is 7.84. The number of pyridine rings is 1. The van der Waals surface area contributed by atoms with Crippen LogP contribution < -0.4 is 5.56 Å². The Balaban J connectivity index is 1.41. The molecule has 1 aliphatic carbocycles. The van der Waals surface area contributed by atoms with Crippen LogP contribution in [0.2, 0.25) is 0 Å². The maximum absolute atomic E-state index is 12.1. The first kappa shape index (κ1) is 17.4. The third-order valence-electron chi connectivity index (χ3n) is 5.94. The molecule has 1 N–H and O–H groups in total. The van der Waals surface area contributed by atoms with Gasteiger partial charge in [-0.25, -0.2) is 4.98 Å². The Morgan fingerprint density at radius 3 is 2.65 bits per heavy atom. The molecule has 0 atom stereocenters. The van der Waals surface area contributed by atoms with Gasteiger partial charge in [-0.1, -0.05) is 19.3 Å². The molecule has 4 rings (SSSR count). The Kier molecular flexibility index (Phi) is 5.44. The number of likely N-dealkylation sites (tertiary alicyclic amines) is 1. The first-order valence-electron chi connectivity index (χ1n) is 10.0. The summed E-state index contributed by atoms with van der Waals surface area (Å²) in [6.07, 6.45) is 12.7. The van der Waals surface area contributed by atoms with E-state index >= 15 is 0 Å². The number of hydrogen-bond donors (Lipinski definition) is 1. The van der Waals surface area contributed by atoms with E-state index in [0.29, 0.717) is 11.7 Å². The Morgan fingerprint density at radius 2 is 1.92 bits per heavy atom. The standard InChI is InChI=1S/C21H28N4O/c26-20-13-19(23-21(24-20)18-7-4-10-22-14-18)17-8-11-25(12-9-17)15-16-5-2-1-3-6-16/h4,7,10,13-14,16-17H,1-3,5-6,8-9,11-12,15H2,(H,23,24,26). The molecule has 2 aromatic heterocycles. The number of aromatic amines is 1. The van der Waals surface area contributed by atoms with Gasteiger partial charge in [0, 0.05) is 36.5 Å². The number of rotatable bonds is 4. The van der Waals surface area contributed by atoms with Crippen LogP contribution in [0, 0.1) is 5.92 Å². The van der Waals surface area contributed by atoms with Crippen molar-refractivity contribution < 1.29 is 0 Å². The van der Waals surface area contributed by atoms with E-state index in [1.165, 1.54) is 38.6 Å². The zero-order valence-corrected chi connectivity index (χ0v) is 15.4. The fourth-order valence-corrected chi connectivity index (χ4v) is 4.47. The summed E-state index contributed by atoms with van der Waals surface area (Å²) in [5.41, 5.74) is 1.73. The zero-order valence-electron chi connectivity index (χ0n) is 15.4. The number of nitrogens with zero attached hydrogens (tertiary/aromatic N) is 3. The molecule has 3 heterocycles. The fraction of sp³-hybridized carbons (Fsp3) is 0.571. The third kappa shape index (κ3) is 4.21. The number of nitrogens with one attached hydrogen (secondary N) is 1. The van der Waals surface area contributed by atoms with E-state index in [2.05, 4.69) is 14.9 Å². The van der Waals surface area contributed by atoms with E-state index in [4.69, 9.17) is 4.98 Å².